The first kappa shape index (κ1) is 46.5. The van der Waals surface area contributed by atoms with Crippen molar-refractivity contribution in [1.29, 1.82) is 0 Å². The molecule has 3 atom stereocenters. The maximum Gasteiger partial charge on any atom is 0.267 e. The number of hydrogen-bond acceptors (Lipinski definition) is 5. The summed E-state index contributed by atoms with van der Waals surface area (Å²) in [7, 11) is -4.44. The molecule has 0 aromatic rings. The molecule has 3 unspecified atom stereocenters. The third-order valence-electron chi connectivity index (χ3n) is 8.93. The van der Waals surface area contributed by atoms with Crippen LogP contribution in [0.1, 0.15) is 187 Å². The molecule has 0 aliphatic rings. The van der Waals surface area contributed by atoms with Crippen LogP contribution < -0.4 is 5.32 Å². The maximum absolute atomic E-state index is 12.6. The number of aliphatic hydroxyl groups excluding tert-OH is 2. The molecule has 1 amide bonds. The smallest absolute Gasteiger partial charge is 0.267 e. The lowest BCUT2D eigenvalue weighted by Crippen LogP contribution is -2.50. The summed E-state index contributed by atoms with van der Waals surface area (Å²) in [5.74, 6) is -1.54. The zero-order valence-corrected chi connectivity index (χ0v) is 31.8. The van der Waals surface area contributed by atoms with Crippen LogP contribution in [0.3, 0.4) is 0 Å². The third-order valence-corrected chi connectivity index (χ3v) is 9.71. The largest absolute Gasteiger partial charge is 0.387 e. The van der Waals surface area contributed by atoms with Gasteiger partial charge in [0.2, 0.25) is 5.91 Å². The molecule has 0 heterocycles. The van der Waals surface area contributed by atoms with Crippen molar-refractivity contribution in [3.63, 3.8) is 0 Å². The van der Waals surface area contributed by atoms with Crippen LogP contribution in [0, 0.1) is 0 Å². The normalized spacial score (nSPS) is 14.4. The molecule has 0 aliphatic heterocycles. The molecule has 0 fully saturated rings. The number of unbranched alkanes of at least 4 members (excludes halogenated alkanes) is 22. The average Bonchev–Trinajstić information content (AvgIpc) is 3.05. The molecule has 0 rings (SSSR count). The van der Waals surface area contributed by atoms with E-state index in [1.54, 1.807) is 6.08 Å². The highest BCUT2D eigenvalue weighted by Gasteiger charge is 2.27. The van der Waals surface area contributed by atoms with E-state index in [-0.39, 0.29) is 6.42 Å². The minimum absolute atomic E-state index is 0.279. The van der Waals surface area contributed by atoms with Crippen LogP contribution in [0.25, 0.3) is 0 Å². The van der Waals surface area contributed by atoms with Crippen LogP contribution in [-0.2, 0) is 14.9 Å². The fourth-order valence-corrected chi connectivity index (χ4v) is 6.64. The third kappa shape index (κ3) is 33.0. The van der Waals surface area contributed by atoms with Gasteiger partial charge in [-0.05, 0) is 44.9 Å². The van der Waals surface area contributed by atoms with E-state index in [2.05, 4.69) is 43.5 Å². The van der Waals surface area contributed by atoms with Gasteiger partial charge in [0.25, 0.3) is 10.1 Å². The number of hydrogen-bond donors (Lipinski definition) is 4. The zero-order valence-electron chi connectivity index (χ0n) is 31.0. The van der Waals surface area contributed by atoms with Crippen molar-refractivity contribution in [3.8, 4) is 0 Å². The first-order valence-corrected chi connectivity index (χ1v) is 21.4. The van der Waals surface area contributed by atoms with Gasteiger partial charge in [-0.25, -0.2) is 0 Å². The lowest BCUT2D eigenvalue weighted by Gasteiger charge is -2.22. The summed E-state index contributed by atoms with van der Waals surface area (Å²) >= 11 is 0. The molecule has 4 N–H and O–H groups in total. The van der Waals surface area contributed by atoms with Crippen LogP contribution in [0.5, 0.6) is 0 Å². The molecule has 48 heavy (non-hydrogen) atoms. The van der Waals surface area contributed by atoms with Gasteiger partial charge in [0.1, 0.15) is 6.10 Å². The van der Waals surface area contributed by atoms with Crippen molar-refractivity contribution in [3.05, 3.63) is 36.5 Å². The number of amides is 1. The van der Waals surface area contributed by atoms with Crippen LogP contribution in [-0.4, -0.2) is 53.1 Å². The van der Waals surface area contributed by atoms with Crippen molar-refractivity contribution in [2.45, 2.75) is 205 Å². The van der Waals surface area contributed by atoms with Gasteiger partial charge in [-0.2, -0.15) is 8.42 Å². The summed E-state index contributed by atoms with van der Waals surface area (Å²) in [6.07, 6.45) is 40.6. The molecule has 0 aromatic carbocycles. The van der Waals surface area contributed by atoms with Crippen LogP contribution in [0.2, 0.25) is 0 Å². The molecule has 0 aromatic heterocycles. The standard InChI is InChI=1S/C40H75NO6S/c1-3-5-7-9-11-13-15-16-17-18-19-20-21-22-23-25-27-29-31-33-35-39(43)40(44)41-37(36-48(45,46)47)38(42)34-32-30-28-26-24-14-12-10-8-6-4-2/h5,7,11,13,32,34,37-39,42-43H,3-4,6,8-10,12,14-31,33,35-36H2,1-2H3,(H,41,44)(H,45,46,47)/b7-5-,13-11-,34-32+. The second kappa shape index (κ2) is 34.0. The van der Waals surface area contributed by atoms with Gasteiger partial charge in [-0.15, -0.1) is 0 Å². The van der Waals surface area contributed by atoms with Crippen molar-refractivity contribution < 1.29 is 28.0 Å². The molecular formula is C40H75NO6S. The van der Waals surface area contributed by atoms with E-state index in [0.717, 1.165) is 51.4 Å². The Hall–Kier alpha value is -1.48. The topological polar surface area (TPSA) is 124 Å². The van der Waals surface area contributed by atoms with E-state index < -0.39 is 40.0 Å². The Kier molecular flexibility index (Phi) is 32.9. The molecule has 282 valence electrons. The van der Waals surface area contributed by atoms with Crippen molar-refractivity contribution in [2.24, 2.45) is 0 Å². The Morgan fingerprint density at radius 3 is 1.52 bits per heavy atom. The molecule has 8 heteroatoms. The van der Waals surface area contributed by atoms with E-state index >= 15 is 0 Å². The first-order chi connectivity index (χ1) is 23.2. The van der Waals surface area contributed by atoms with Crippen LogP contribution in [0.15, 0.2) is 36.5 Å². The molecule has 0 saturated heterocycles. The van der Waals surface area contributed by atoms with E-state index in [0.29, 0.717) is 6.42 Å². The number of aliphatic hydroxyl groups is 2. The molecule has 0 spiro atoms. The van der Waals surface area contributed by atoms with Gasteiger partial charge in [0.05, 0.1) is 17.9 Å². The SMILES string of the molecule is CC/C=C\C/C=C\CCCCCCCCCCCCCCCC(O)C(=O)NC(CS(=O)(=O)O)C(O)/C=C/CCCCCCCCCCC. The van der Waals surface area contributed by atoms with Crippen LogP contribution in [0.4, 0.5) is 0 Å². The second-order valence-corrected chi connectivity index (χ2v) is 15.2. The van der Waals surface area contributed by atoms with E-state index in [9.17, 15) is 28.0 Å². The summed E-state index contributed by atoms with van der Waals surface area (Å²) in [5, 5.41) is 23.3. The quantitative estimate of drug-likeness (QED) is 0.0297. The number of allylic oxidation sites excluding steroid dienone is 5. The summed E-state index contributed by atoms with van der Waals surface area (Å²) in [6.45, 7) is 4.38. The molecular weight excluding hydrogens is 623 g/mol. The van der Waals surface area contributed by atoms with E-state index in [4.69, 9.17) is 0 Å². The summed E-state index contributed by atoms with van der Waals surface area (Å²) in [6, 6.07) is -1.23. The number of carbonyl (C=O) groups excluding carboxylic acids is 1. The fourth-order valence-electron chi connectivity index (χ4n) is 5.91. The predicted octanol–water partition coefficient (Wildman–Crippen LogP) is 10.3. The highest BCUT2D eigenvalue weighted by molar-refractivity contribution is 7.85. The fraction of sp³-hybridized carbons (Fsp3) is 0.825. The Labute approximate surface area is 296 Å². The van der Waals surface area contributed by atoms with Gasteiger partial charge in [-0.1, -0.05) is 179 Å². The average molecular weight is 698 g/mol. The van der Waals surface area contributed by atoms with Gasteiger partial charge < -0.3 is 15.5 Å². The highest BCUT2D eigenvalue weighted by Crippen LogP contribution is 2.15. The van der Waals surface area contributed by atoms with Gasteiger partial charge in [0, 0.05) is 0 Å². The number of rotatable bonds is 35. The number of carbonyl (C=O) groups is 1. The van der Waals surface area contributed by atoms with Gasteiger partial charge in [-0.3, -0.25) is 9.35 Å². The Balaban J connectivity index is 3.97. The van der Waals surface area contributed by atoms with Crippen molar-refractivity contribution in [2.75, 3.05) is 5.75 Å². The lowest BCUT2D eigenvalue weighted by atomic mass is 10.0. The number of nitrogens with one attached hydrogen (secondary N) is 1. The van der Waals surface area contributed by atoms with Gasteiger partial charge >= 0.3 is 0 Å². The predicted molar refractivity (Wildman–Crippen MR) is 204 cm³/mol. The minimum atomic E-state index is -4.44. The van der Waals surface area contributed by atoms with Crippen LogP contribution >= 0.6 is 0 Å². The maximum atomic E-state index is 12.6. The molecule has 0 radical (unpaired) electrons. The molecule has 7 nitrogen and oxygen atoms in total. The molecule has 0 bridgehead atoms. The van der Waals surface area contributed by atoms with E-state index in [1.165, 1.54) is 115 Å². The Morgan fingerprint density at radius 2 is 1.04 bits per heavy atom. The van der Waals surface area contributed by atoms with Crippen molar-refractivity contribution in [1.82, 2.24) is 5.32 Å². The first-order valence-electron chi connectivity index (χ1n) is 19.8. The molecule has 0 aliphatic carbocycles. The molecule has 0 saturated carbocycles. The monoisotopic (exact) mass is 698 g/mol. The summed E-state index contributed by atoms with van der Waals surface area (Å²) < 4.78 is 32.4. The Bertz CT molecular complexity index is 917. The highest BCUT2D eigenvalue weighted by atomic mass is 32.2. The zero-order chi connectivity index (χ0) is 35.6. The second-order valence-electron chi connectivity index (χ2n) is 13.7. The van der Waals surface area contributed by atoms with Crippen molar-refractivity contribution >= 4 is 16.0 Å². The minimum Gasteiger partial charge on any atom is -0.387 e. The van der Waals surface area contributed by atoms with Gasteiger partial charge in [0.15, 0.2) is 0 Å². The van der Waals surface area contributed by atoms with E-state index in [1.807, 2.05) is 0 Å². The lowest BCUT2D eigenvalue weighted by molar-refractivity contribution is -0.130. The Morgan fingerprint density at radius 1 is 0.604 bits per heavy atom. The summed E-state index contributed by atoms with van der Waals surface area (Å²) in [5.41, 5.74) is 0. The summed E-state index contributed by atoms with van der Waals surface area (Å²) in [4.78, 5) is 12.6.